The summed E-state index contributed by atoms with van der Waals surface area (Å²) in [6, 6.07) is 4.64. The van der Waals surface area contributed by atoms with Crippen LogP contribution in [0.2, 0.25) is 0 Å². The smallest absolute Gasteiger partial charge is 0.251 e. The standard InChI is InChI=1S/C17H26N2O4S/c1-12-7-5-6-8-14(12)18-17(20)13-9-10-15(23-4)16(11-13)24(21,22)19(2)3/h9-12,14H,5-8H2,1-4H3,(H,18,20). The summed E-state index contributed by atoms with van der Waals surface area (Å²) >= 11 is 0. The molecule has 0 aromatic heterocycles. The number of nitrogens with one attached hydrogen (secondary N) is 1. The van der Waals surface area contributed by atoms with Gasteiger partial charge in [0, 0.05) is 25.7 Å². The van der Waals surface area contributed by atoms with E-state index in [2.05, 4.69) is 12.2 Å². The Hall–Kier alpha value is -1.60. The van der Waals surface area contributed by atoms with Gasteiger partial charge in [0.05, 0.1) is 7.11 Å². The van der Waals surface area contributed by atoms with Crippen molar-refractivity contribution >= 4 is 15.9 Å². The molecule has 1 aromatic rings. The van der Waals surface area contributed by atoms with Gasteiger partial charge >= 0.3 is 0 Å². The average Bonchev–Trinajstić information content (AvgIpc) is 2.56. The second kappa shape index (κ2) is 7.53. The molecule has 1 N–H and O–H groups in total. The van der Waals surface area contributed by atoms with Crippen molar-refractivity contribution in [1.29, 1.82) is 0 Å². The lowest BCUT2D eigenvalue weighted by Gasteiger charge is -2.29. The predicted molar refractivity (Wildman–Crippen MR) is 92.8 cm³/mol. The maximum absolute atomic E-state index is 12.5. The predicted octanol–water partition coefficient (Wildman–Crippen LogP) is 2.25. The number of carbonyl (C=O) groups is 1. The number of hydrogen-bond acceptors (Lipinski definition) is 4. The van der Waals surface area contributed by atoms with Crippen LogP contribution in [0.25, 0.3) is 0 Å². The number of hydrogen-bond donors (Lipinski definition) is 1. The highest BCUT2D eigenvalue weighted by Gasteiger charge is 2.26. The molecule has 1 aliphatic rings. The van der Waals surface area contributed by atoms with E-state index in [1.54, 1.807) is 6.07 Å². The highest BCUT2D eigenvalue weighted by Crippen LogP contribution is 2.28. The van der Waals surface area contributed by atoms with E-state index in [1.165, 1.54) is 39.8 Å². The molecule has 24 heavy (non-hydrogen) atoms. The Bertz CT molecular complexity index is 701. The van der Waals surface area contributed by atoms with Crippen LogP contribution >= 0.6 is 0 Å². The molecule has 0 saturated heterocycles. The number of ether oxygens (including phenoxy) is 1. The van der Waals surface area contributed by atoms with Crippen LogP contribution in [0.3, 0.4) is 0 Å². The van der Waals surface area contributed by atoms with E-state index in [1.807, 2.05) is 0 Å². The van der Waals surface area contributed by atoms with Gasteiger partial charge in [-0.25, -0.2) is 12.7 Å². The molecule has 1 aliphatic carbocycles. The summed E-state index contributed by atoms with van der Waals surface area (Å²) in [4.78, 5) is 12.5. The molecule has 7 heteroatoms. The molecule has 0 spiro atoms. The quantitative estimate of drug-likeness (QED) is 0.880. The van der Waals surface area contributed by atoms with Crippen molar-refractivity contribution in [3.63, 3.8) is 0 Å². The SMILES string of the molecule is COc1ccc(C(=O)NC2CCCCC2C)cc1S(=O)(=O)N(C)C. The van der Waals surface area contributed by atoms with Crippen molar-refractivity contribution in [2.45, 2.75) is 43.5 Å². The number of methoxy groups -OCH3 is 1. The molecular weight excluding hydrogens is 328 g/mol. The van der Waals surface area contributed by atoms with Crippen LogP contribution in [0.1, 0.15) is 43.0 Å². The first-order chi connectivity index (χ1) is 11.3. The summed E-state index contributed by atoms with van der Waals surface area (Å²) in [6.45, 7) is 2.14. The van der Waals surface area contributed by atoms with Gasteiger partial charge in [-0.05, 0) is 37.0 Å². The van der Waals surface area contributed by atoms with Gasteiger partial charge in [-0.1, -0.05) is 19.8 Å². The van der Waals surface area contributed by atoms with Crippen molar-refractivity contribution < 1.29 is 17.9 Å². The lowest BCUT2D eigenvalue weighted by atomic mass is 9.86. The third-order valence-electron chi connectivity index (χ3n) is 4.61. The first-order valence-corrected chi connectivity index (χ1v) is 9.62. The van der Waals surface area contributed by atoms with Crippen molar-refractivity contribution in [2.24, 2.45) is 5.92 Å². The molecule has 2 atom stereocenters. The van der Waals surface area contributed by atoms with Crippen molar-refractivity contribution in [1.82, 2.24) is 9.62 Å². The molecule has 1 amide bonds. The summed E-state index contributed by atoms with van der Waals surface area (Å²) in [6.07, 6.45) is 4.37. The Kier molecular flexibility index (Phi) is 5.87. The van der Waals surface area contributed by atoms with Gasteiger partial charge in [-0.15, -0.1) is 0 Å². The summed E-state index contributed by atoms with van der Waals surface area (Å²) in [5.41, 5.74) is 0.328. The molecule has 0 bridgehead atoms. The fourth-order valence-electron chi connectivity index (χ4n) is 3.00. The van der Waals surface area contributed by atoms with E-state index in [9.17, 15) is 13.2 Å². The van der Waals surface area contributed by atoms with Gasteiger partial charge in [-0.2, -0.15) is 0 Å². The molecule has 1 aromatic carbocycles. The third-order valence-corrected chi connectivity index (χ3v) is 6.45. The summed E-state index contributed by atoms with van der Waals surface area (Å²) in [5.74, 6) is 0.420. The van der Waals surface area contributed by atoms with E-state index in [0.717, 1.165) is 23.6 Å². The average molecular weight is 354 g/mol. The number of nitrogens with zero attached hydrogens (tertiary/aromatic N) is 1. The molecule has 0 aliphatic heterocycles. The van der Waals surface area contributed by atoms with E-state index in [-0.39, 0.29) is 22.6 Å². The largest absolute Gasteiger partial charge is 0.495 e. The van der Waals surface area contributed by atoms with E-state index < -0.39 is 10.0 Å². The van der Waals surface area contributed by atoms with Crippen LogP contribution < -0.4 is 10.1 Å². The van der Waals surface area contributed by atoms with Gasteiger partial charge < -0.3 is 10.1 Å². The normalized spacial score (nSPS) is 21.5. The second-order valence-corrected chi connectivity index (χ2v) is 8.62. The monoisotopic (exact) mass is 354 g/mol. The van der Waals surface area contributed by atoms with E-state index in [4.69, 9.17) is 4.74 Å². The van der Waals surface area contributed by atoms with Gasteiger partial charge in [0.1, 0.15) is 10.6 Å². The first-order valence-electron chi connectivity index (χ1n) is 8.18. The molecule has 6 nitrogen and oxygen atoms in total. The summed E-state index contributed by atoms with van der Waals surface area (Å²) in [7, 11) is 0.618. The molecular formula is C17H26N2O4S. The maximum atomic E-state index is 12.5. The number of amides is 1. The second-order valence-electron chi connectivity index (χ2n) is 6.49. The van der Waals surface area contributed by atoms with Crippen LogP contribution in [-0.2, 0) is 10.0 Å². The zero-order valence-electron chi connectivity index (χ0n) is 14.7. The molecule has 1 saturated carbocycles. The van der Waals surface area contributed by atoms with Crippen LogP contribution in [0.15, 0.2) is 23.1 Å². The van der Waals surface area contributed by atoms with Crippen molar-refractivity contribution in [2.75, 3.05) is 21.2 Å². The first kappa shape index (κ1) is 18.7. The fraction of sp³-hybridized carbons (Fsp3) is 0.588. The molecule has 2 unspecified atom stereocenters. The highest BCUT2D eigenvalue weighted by atomic mass is 32.2. The number of benzene rings is 1. The Balaban J connectivity index is 2.29. The molecule has 0 radical (unpaired) electrons. The van der Waals surface area contributed by atoms with Gasteiger partial charge in [0.15, 0.2) is 0 Å². The third kappa shape index (κ3) is 3.89. The summed E-state index contributed by atoms with van der Waals surface area (Å²) < 4.78 is 31.1. The Morgan fingerprint density at radius 2 is 1.92 bits per heavy atom. The minimum Gasteiger partial charge on any atom is -0.495 e. The number of carbonyl (C=O) groups excluding carboxylic acids is 1. The van der Waals surface area contributed by atoms with Gasteiger partial charge in [0.2, 0.25) is 10.0 Å². The molecule has 134 valence electrons. The molecule has 0 heterocycles. The van der Waals surface area contributed by atoms with Crippen LogP contribution in [-0.4, -0.2) is 45.9 Å². The minimum atomic E-state index is -3.69. The van der Waals surface area contributed by atoms with E-state index >= 15 is 0 Å². The molecule has 2 rings (SSSR count). The Labute approximate surface area is 144 Å². The maximum Gasteiger partial charge on any atom is 0.251 e. The van der Waals surface area contributed by atoms with E-state index in [0.29, 0.717) is 11.5 Å². The minimum absolute atomic E-state index is 0.000609. The summed E-state index contributed by atoms with van der Waals surface area (Å²) in [5, 5.41) is 3.04. The van der Waals surface area contributed by atoms with Crippen LogP contribution in [0, 0.1) is 5.92 Å². The zero-order chi connectivity index (χ0) is 17.9. The number of rotatable bonds is 5. The highest BCUT2D eigenvalue weighted by molar-refractivity contribution is 7.89. The zero-order valence-corrected chi connectivity index (χ0v) is 15.5. The van der Waals surface area contributed by atoms with Crippen molar-refractivity contribution in [3.8, 4) is 5.75 Å². The Morgan fingerprint density at radius 1 is 1.25 bits per heavy atom. The lowest BCUT2D eigenvalue weighted by molar-refractivity contribution is 0.0910. The lowest BCUT2D eigenvalue weighted by Crippen LogP contribution is -2.41. The Morgan fingerprint density at radius 3 is 2.50 bits per heavy atom. The number of sulfonamides is 1. The molecule has 1 fully saturated rings. The van der Waals surface area contributed by atoms with Crippen LogP contribution in [0.5, 0.6) is 5.75 Å². The topological polar surface area (TPSA) is 75.7 Å². The van der Waals surface area contributed by atoms with Crippen LogP contribution in [0.4, 0.5) is 0 Å². The van der Waals surface area contributed by atoms with Gasteiger partial charge in [0.25, 0.3) is 5.91 Å². The fourth-order valence-corrected chi connectivity index (χ4v) is 4.07. The van der Waals surface area contributed by atoms with Crippen molar-refractivity contribution in [3.05, 3.63) is 23.8 Å². The van der Waals surface area contributed by atoms with Gasteiger partial charge in [-0.3, -0.25) is 4.79 Å².